The van der Waals surface area contributed by atoms with E-state index in [0.29, 0.717) is 22.9 Å². The standard InChI is InChI=1S/C16H23ClN4O2/c1-15(2,3)23-14(22)21-10-16(4-5-16)6-12(21)9-20-13-18-7-11(17)8-19-13/h7-8,12H,4-6,9-10H2,1-3H3,(H,18,19,20)/t12-/m0/s1. The summed E-state index contributed by atoms with van der Waals surface area (Å²) in [5.74, 6) is 0.523. The largest absolute Gasteiger partial charge is 0.444 e. The summed E-state index contributed by atoms with van der Waals surface area (Å²) >= 11 is 5.79. The van der Waals surface area contributed by atoms with Crippen molar-refractivity contribution in [2.75, 3.05) is 18.4 Å². The molecular weight excluding hydrogens is 316 g/mol. The van der Waals surface area contributed by atoms with Gasteiger partial charge >= 0.3 is 6.09 Å². The van der Waals surface area contributed by atoms with Crippen LogP contribution in [0.2, 0.25) is 5.02 Å². The van der Waals surface area contributed by atoms with Crippen LogP contribution in [-0.2, 0) is 4.74 Å². The first-order valence-electron chi connectivity index (χ1n) is 7.97. The fraction of sp³-hybridized carbons (Fsp3) is 0.688. The molecule has 1 aliphatic carbocycles. The fourth-order valence-corrected chi connectivity index (χ4v) is 3.13. The van der Waals surface area contributed by atoms with Gasteiger partial charge in [-0.15, -0.1) is 0 Å². The molecule has 0 bridgehead atoms. The van der Waals surface area contributed by atoms with Crippen molar-refractivity contribution in [3.8, 4) is 0 Å². The highest BCUT2D eigenvalue weighted by molar-refractivity contribution is 6.30. The molecule has 1 atom stereocenters. The molecule has 2 aliphatic rings. The van der Waals surface area contributed by atoms with Gasteiger partial charge in [-0.3, -0.25) is 0 Å². The number of aromatic nitrogens is 2. The van der Waals surface area contributed by atoms with Gasteiger partial charge in [-0.1, -0.05) is 11.6 Å². The molecule has 126 valence electrons. The van der Waals surface area contributed by atoms with Gasteiger partial charge in [0, 0.05) is 13.1 Å². The number of likely N-dealkylation sites (tertiary alicyclic amines) is 1. The molecule has 0 aromatic carbocycles. The predicted octanol–water partition coefficient (Wildman–Crippen LogP) is 3.33. The maximum absolute atomic E-state index is 12.5. The highest BCUT2D eigenvalue weighted by Crippen LogP contribution is 2.54. The van der Waals surface area contributed by atoms with E-state index in [0.717, 1.165) is 13.0 Å². The number of nitrogens with zero attached hydrogens (tertiary/aromatic N) is 3. The number of carbonyl (C=O) groups excluding carboxylic acids is 1. The average molecular weight is 339 g/mol. The zero-order valence-electron chi connectivity index (χ0n) is 13.8. The third-order valence-corrected chi connectivity index (χ3v) is 4.51. The average Bonchev–Trinajstić information content (AvgIpc) is 3.09. The molecule has 1 saturated heterocycles. The van der Waals surface area contributed by atoms with Crippen LogP contribution in [0.3, 0.4) is 0 Å². The molecule has 3 rings (SSSR count). The number of ether oxygens (including phenoxy) is 1. The van der Waals surface area contributed by atoms with Gasteiger partial charge in [-0.2, -0.15) is 0 Å². The SMILES string of the molecule is CC(C)(C)OC(=O)N1CC2(CC2)C[C@H]1CNc1ncc(Cl)cn1. The molecule has 1 aliphatic heterocycles. The highest BCUT2D eigenvalue weighted by atomic mass is 35.5. The lowest BCUT2D eigenvalue weighted by Crippen LogP contribution is -2.42. The van der Waals surface area contributed by atoms with Gasteiger partial charge in [0.2, 0.25) is 5.95 Å². The Morgan fingerprint density at radius 1 is 1.43 bits per heavy atom. The third kappa shape index (κ3) is 4.05. The van der Waals surface area contributed by atoms with Crippen molar-refractivity contribution in [1.29, 1.82) is 0 Å². The second-order valence-electron chi connectivity index (χ2n) is 7.57. The number of hydrogen-bond donors (Lipinski definition) is 1. The van der Waals surface area contributed by atoms with E-state index < -0.39 is 5.60 Å². The van der Waals surface area contributed by atoms with Gasteiger partial charge in [0.25, 0.3) is 0 Å². The predicted molar refractivity (Wildman–Crippen MR) is 88.5 cm³/mol. The van der Waals surface area contributed by atoms with Gasteiger partial charge in [0.15, 0.2) is 0 Å². The number of rotatable bonds is 3. The number of anilines is 1. The first-order valence-corrected chi connectivity index (χ1v) is 8.35. The lowest BCUT2D eigenvalue weighted by molar-refractivity contribution is 0.0228. The molecule has 1 amide bonds. The first-order chi connectivity index (χ1) is 10.8. The molecule has 6 nitrogen and oxygen atoms in total. The Morgan fingerprint density at radius 3 is 2.65 bits per heavy atom. The normalized spacial score (nSPS) is 22.3. The minimum atomic E-state index is -0.479. The van der Waals surface area contributed by atoms with Crippen molar-refractivity contribution >= 4 is 23.6 Å². The van der Waals surface area contributed by atoms with Gasteiger partial charge in [0.05, 0.1) is 23.5 Å². The van der Waals surface area contributed by atoms with Crippen LogP contribution in [0.1, 0.15) is 40.0 Å². The van der Waals surface area contributed by atoms with Crippen molar-refractivity contribution in [2.45, 2.75) is 51.7 Å². The molecule has 1 aromatic heterocycles. The van der Waals surface area contributed by atoms with E-state index in [1.54, 1.807) is 12.4 Å². The van der Waals surface area contributed by atoms with Crippen LogP contribution in [0.5, 0.6) is 0 Å². The summed E-state index contributed by atoms with van der Waals surface area (Å²) in [6.45, 7) is 7.08. The van der Waals surface area contributed by atoms with E-state index >= 15 is 0 Å². The van der Waals surface area contributed by atoms with Gasteiger partial charge in [-0.25, -0.2) is 14.8 Å². The molecule has 0 radical (unpaired) electrons. The van der Waals surface area contributed by atoms with E-state index in [-0.39, 0.29) is 12.1 Å². The summed E-state index contributed by atoms with van der Waals surface area (Å²) in [6.07, 6.45) is 6.27. The van der Waals surface area contributed by atoms with Crippen molar-refractivity contribution < 1.29 is 9.53 Å². The van der Waals surface area contributed by atoms with E-state index in [2.05, 4.69) is 15.3 Å². The quantitative estimate of drug-likeness (QED) is 0.915. The molecule has 1 N–H and O–H groups in total. The van der Waals surface area contributed by atoms with E-state index in [4.69, 9.17) is 16.3 Å². The summed E-state index contributed by atoms with van der Waals surface area (Å²) in [5, 5.41) is 3.70. The molecule has 1 spiro atoms. The maximum Gasteiger partial charge on any atom is 0.410 e. The molecular formula is C16H23ClN4O2. The molecule has 7 heteroatoms. The Hall–Kier alpha value is -1.56. The van der Waals surface area contributed by atoms with Crippen molar-refractivity contribution in [3.63, 3.8) is 0 Å². The molecule has 2 heterocycles. The molecule has 0 unspecified atom stereocenters. The zero-order valence-corrected chi connectivity index (χ0v) is 14.6. The third-order valence-electron chi connectivity index (χ3n) is 4.32. The van der Waals surface area contributed by atoms with Crippen molar-refractivity contribution in [1.82, 2.24) is 14.9 Å². The second-order valence-corrected chi connectivity index (χ2v) is 8.01. The molecule has 1 aromatic rings. The lowest BCUT2D eigenvalue weighted by atomic mass is 10.0. The smallest absolute Gasteiger partial charge is 0.410 e. The van der Waals surface area contributed by atoms with Crippen LogP contribution in [0, 0.1) is 5.41 Å². The van der Waals surface area contributed by atoms with Crippen LogP contribution < -0.4 is 5.32 Å². The van der Waals surface area contributed by atoms with Crippen molar-refractivity contribution in [2.24, 2.45) is 5.41 Å². The second kappa shape index (κ2) is 5.82. The molecule has 1 saturated carbocycles. The van der Waals surface area contributed by atoms with Crippen LogP contribution in [0.4, 0.5) is 10.7 Å². The van der Waals surface area contributed by atoms with Crippen LogP contribution >= 0.6 is 11.6 Å². The summed E-state index contributed by atoms with van der Waals surface area (Å²) in [7, 11) is 0. The summed E-state index contributed by atoms with van der Waals surface area (Å²) in [5.41, 5.74) is -0.169. The number of carbonyl (C=O) groups is 1. The van der Waals surface area contributed by atoms with E-state index in [9.17, 15) is 4.79 Å². The summed E-state index contributed by atoms with van der Waals surface area (Å²) in [6, 6.07) is 0.103. The van der Waals surface area contributed by atoms with E-state index in [1.807, 2.05) is 25.7 Å². The molecule has 23 heavy (non-hydrogen) atoms. The van der Waals surface area contributed by atoms with Crippen LogP contribution in [0.25, 0.3) is 0 Å². The zero-order chi connectivity index (χ0) is 16.7. The first kappa shape index (κ1) is 16.3. The minimum Gasteiger partial charge on any atom is -0.444 e. The molecule has 2 fully saturated rings. The van der Waals surface area contributed by atoms with Gasteiger partial charge in [0.1, 0.15) is 5.60 Å². The monoisotopic (exact) mass is 338 g/mol. The number of amides is 1. The maximum atomic E-state index is 12.5. The van der Waals surface area contributed by atoms with Crippen molar-refractivity contribution in [3.05, 3.63) is 17.4 Å². The number of hydrogen-bond acceptors (Lipinski definition) is 5. The Labute approximate surface area is 141 Å². The number of halogens is 1. The fourth-order valence-electron chi connectivity index (χ4n) is 3.03. The topological polar surface area (TPSA) is 67.3 Å². The summed E-state index contributed by atoms with van der Waals surface area (Å²) < 4.78 is 5.55. The Kier molecular flexibility index (Phi) is 4.12. The van der Waals surface area contributed by atoms with Gasteiger partial charge in [-0.05, 0) is 45.4 Å². The van der Waals surface area contributed by atoms with Crippen LogP contribution in [-0.4, -0.2) is 45.7 Å². The highest BCUT2D eigenvalue weighted by Gasteiger charge is 2.53. The summed E-state index contributed by atoms with van der Waals surface area (Å²) in [4.78, 5) is 22.6. The Balaban J connectivity index is 1.63. The Bertz CT molecular complexity index is 581. The van der Waals surface area contributed by atoms with E-state index in [1.165, 1.54) is 12.8 Å². The van der Waals surface area contributed by atoms with Crippen LogP contribution in [0.15, 0.2) is 12.4 Å². The lowest BCUT2D eigenvalue weighted by Gasteiger charge is -2.28. The minimum absolute atomic E-state index is 0.103. The Morgan fingerprint density at radius 2 is 2.09 bits per heavy atom. The van der Waals surface area contributed by atoms with Gasteiger partial charge < -0.3 is 15.0 Å². The number of nitrogens with one attached hydrogen (secondary N) is 1.